The van der Waals surface area contributed by atoms with Gasteiger partial charge in [-0.2, -0.15) is 0 Å². The molecule has 23 heavy (non-hydrogen) atoms. The van der Waals surface area contributed by atoms with E-state index in [1.165, 1.54) is 44.4 Å². The predicted octanol–water partition coefficient (Wildman–Crippen LogP) is 3.50. The quantitative estimate of drug-likeness (QED) is 0.892. The highest BCUT2D eigenvalue weighted by Gasteiger charge is 2.18. The van der Waals surface area contributed by atoms with Crippen molar-refractivity contribution >= 4 is 44.8 Å². The summed E-state index contributed by atoms with van der Waals surface area (Å²) in [6, 6.07) is 10.5. The Bertz CT molecular complexity index is 831. The molecular weight excluding hydrogens is 359 g/mol. The topological polar surface area (TPSA) is 66.5 Å². The van der Waals surface area contributed by atoms with Crippen LogP contribution in [0, 0.1) is 0 Å². The number of amides is 1. The van der Waals surface area contributed by atoms with E-state index in [4.69, 9.17) is 23.2 Å². The molecule has 1 N–H and O–H groups in total. The molecule has 2 rings (SSSR count). The van der Waals surface area contributed by atoms with Crippen LogP contribution in [0.15, 0.2) is 47.4 Å². The van der Waals surface area contributed by atoms with Gasteiger partial charge in [0.1, 0.15) is 0 Å². The van der Waals surface area contributed by atoms with Gasteiger partial charge < -0.3 is 5.32 Å². The lowest BCUT2D eigenvalue weighted by Crippen LogP contribution is -2.22. The van der Waals surface area contributed by atoms with Gasteiger partial charge in [0.05, 0.1) is 4.90 Å². The minimum absolute atomic E-state index is 0.0874. The van der Waals surface area contributed by atoms with Gasteiger partial charge in [-0.1, -0.05) is 29.3 Å². The molecule has 0 aliphatic rings. The van der Waals surface area contributed by atoms with E-state index in [9.17, 15) is 13.2 Å². The molecule has 0 bridgehead atoms. The summed E-state index contributed by atoms with van der Waals surface area (Å²) in [5, 5.41) is 3.30. The molecule has 0 saturated heterocycles. The zero-order chi connectivity index (χ0) is 17.2. The average molecular weight is 373 g/mol. The summed E-state index contributed by atoms with van der Waals surface area (Å²) in [5.41, 5.74) is 0.636. The molecule has 8 heteroatoms. The summed E-state index contributed by atoms with van der Waals surface area (Å²) in [6.07, 6.45) is 0. The highest BCUT2D eigenvalue weighted by Crippen LogP contribution is 2.21. The zero-order valence-corrected chi connectivity index (χ0v) is 14.7. The lowest BCUT2D eigenvalue weighted by Gasteiger charge is -2.13. The Balaban J connectivity index is 2.29. The van der Waals surface area contributed by atoms with E-state index >= 15 is 0 Å². The molecule has 0 unspecified atom stereocenters. The van der Waals surface area contributed by atoms with Gasteiger partial charge in [-0.05, 0) is 36.4 Å². The first-order valence-corrected chi connectivity index (χ1v) is 8.70. The van der Waals surface area contributed by atoms with Crippen molar-refractivity contribution in [3.05, 3.63) is 58.1 Å². The lowest BCUT2D eigenvalue weighted by molar-refractivity contribution is 0.102. The highest BCUT2D eigenvalue weighted by atomic mass is 35.5. The number of halogens is 2. The van der Waals surface area contributed by atoms with Crippen molar-refractivity contribution in [1.29, 1.82) is 0 Å². The molecule has 0 radical (unpaired) electrons. The SMILES string of the molecule is CN(C)S(=O)(=O)c1cccc(NC(=O)c2cc(Cl)cc(Cl)c2)c1. The lowest BCUT2D eigenvalue weighted by atomic mass is 10.2. The van der Waals surface area contributed by atoms with Gasteiger partial charge in [0.2, 0.25) is 10.0 Å². The second-order valence-electron chi connectivity index (χ2n) is 4.93. The molecule has 0 heterocycles. The largest absolute Gasteiger partial charge is 0.322 e. The molecule has 0 aliphatic heterocycles. The van der Waals surface area contributed by atoms with Crippen LogP contribution >= 0.6 is 23.2 Å². The van der Waals surface area contributed by atoms with Crippen LogP contribution in [0.5, 0.6) is 0 Å². The molecule has 2 aromatic rings. The third-order valence-electron chi connectivity index (χ3n) is 3.00. The zero-order valence-electron chi connectivity index (χ0n) is 12.4. The van der Waals surface area contributed by atoms with Crippen LogP contribution in [-0.2, 0) is 10.0 Å². The summed E-state index contributed by atoms with van der Waals surface area (Å²) in [4.78, 5) is 12.3. The van der Waals surface area contributed by atoms with Crippen molar-refractivity contribution in [2.75, 3.05) is 19.4 Å². The maximum absolute atomic E-state index is 12.2. The molecule has 0 aromatic heterocycles. The van der Waals surface area contributed by atoms with Gasteiger partial charge in [0.25, 0.3) is 5.91 Å². The van der Waals surface area contributed by atoms with Crippen molar-refractivity contribution in [1.82, 2.24) is 4.31 Å². The molecular formula is C15H14Cl2N2O3S. The van der Waals surface area contributed by atoms with Crippen molar-refractivity contribution in [3.8, 4) is 0 Å². The van der Waals surface area contributed by atoms with E-state index in [-0.39, 0.29) is 10.5 Å². The fourth-order valence-corrected chi connectivity index (χ4v) is 3.31. The van der Waals surface area contributed by atoms with Crippen LogP contribution in [0.1, 0.15) is 10.4 Å². The number of hydrogen-bond acceptors (Lipinski definition) is 3. The maximum atomic E-state index is 12.2. The molecule has 0 saturated carbocycles. The Kier molecular flexibility index (Phi) is 5.31. The van der Waals surface area contributed by atoms with E-state index in [2.05, 4.69) is 5.32 Å². The highest BCUT2D eigenvalue weighted by molar-refractivity contribution is 7.89. The molecule has 0 fully saturated rings. The van der Waals surface area contributed by atoms with Crippen LogP contribution in [0.3, 0.4) is 0 Å². The summed E-state index contributed by atoms with van der Waals surface area (Å²) in [7, 11) is -0.695. The van der Waals surface area contributed by atoms with Crippen LogP contribution in [0.4, 0.5) is 5.69 Å². The molecule has 0 atom stereocenters. The molecule has 0 aliphatic carbocycles. The minimum Gasteiger partial charge on any atom is -0.322 e. The van der Waals surface area contributed by atoms with Gasteiger partial charge in [0, 0.05) is 35.4 Å². The number of nitrogens with one attached hydrogen (secondary N) is 1. The Morgan fingerprint density at radius 1 is 1.04 bits per heavy atom. The van der Waals surface area contributed by atoms with Crippen molar-refractivity contribution < 1.29 is 13.2 Å². The van der Waals surface area contributed by atoms with Crippen LogP contribution in [-0.4, -0.2) is 32.7 Å². The second-order valence-corrected chi connectivity index (χ2v) is 7.95. The third kappa shape index (κ3) is 4.23. The average Bonchev–Trinajstić information content (AvgIpc) is 2.46. The summed E-state index contributed by atoms with van der Waals surface area (Å²) in [5.74, 6) is -0.436. The van der Waals surface area contributed by atoms with E-state index in [0.717, 1.165) is 4.31 Å². The first-order chi connectivity index (χ1) is 10.7. The number of carbonyl (C=O) groups is 1. The van der Waals surface area contributed by atoms with Gasteiger partial charge in [0.15, 0.2) is 0 Å². The van der Waals surface area contributed by atoms with Crippen molar-refractivity contribution in [2.45, 2.75) is 4.90 Å². The van der Waals surface area contributed by atoms with E-state index in [1.807, 2.05) is 0 Å². The molecule has 1 amide bonds. The predicted molar refractivity (Wildman–Crippen MR) is 91.7 cm³/mol. The van der Waals surface area contributed by atoms with Crippen LogP contribution < -0.4 is 5.32 Å². The Morgan fingerprint density at radius 3 is 2.22 bits per heavy atom. The third-order valence-corrected chi connectivity index (χ3v) is 5.24. The Hall–Kier alpha value is -1.60. The van der Waals surface area contributed by atoms with Gasteiger partial charge in [-0.25, -0.2) is 12.7 Å². The summed E-state index contributed by atoms with van der Waals surface area (Å²) >= 11 is 11.7. The van der Waals surface area contributed by atoms with E-state index < -0.39 is 15.9 Å². The number of carbonyl (C=O) groups excluding carboxylic acids is 1. The van der Waals surface area contributed by atoms with E-state index in [1.54, 1.807) is 12.1 Å². The number of benzene rings is 2. The summed E-state index contributed by atoms with van der Waals surface area (Å²) < 4.78 is 25.3. The fraction of sp³-hybridized carbons (Fsp3) is 0.133. The van der Waals surface area contributed by atoms with E-state index in [0.29, 0.717) is 15.7 Å². The first kappa shape index (κ1) is 17.7. The first-order valence-electron chi connectivity index (χ1n) is 6.50. The van der Waals surface area contributed by atoms with Crippen LogP contribution in [0.25, 0.3) is 0 Å². The van der Waals surface area contributed by atoms with Gasteiger partial charge >= 0.3 is 0 Å². The fourth-order valence-electron chi connectivity index (χ4n) is 1.83. The maximum Gasteiger partial charge on any atom is 0.255 e. The molecule has 0 spiro atoms. The number of hydrogen-bond donors (Lipinski definition) is 1. The Morgan fingerprint density at radius 2 is 1.65 bits per heavy atom. The standard InChI is InChI=1S/C15H14Cl2N2O3S/c1-19(2)23(21,22)14-5-3-4-13(9-14)18-15(20)10-6-11(16)8-12(17)7-10/h3-9H,1-2H3,(H,18,20). The van der Waals surface area contributed by atoms with Gasteiger partial charge in [-0.15, -0.1) is 0 Å². The van der Waals surface area contributed by atoms with Crippen molar-refractivity contribution in [2.24, 2.45) is 0 Å². The monoisotopic (exact) mass is 372 g/mol. The Labute approximate surface area is 144 Å². The smallest absolute Gasteiger partial charge is 0.255 e. The number of nitrogens with zero attached hydrogens (tertiary/aromatic N) is 1. The normalized spacial score (nSPS) is 11.5. The van der Waals surface area contributed by atoms with Crippen LogP contribution in [0.2, 0.25) is 10.0 Å². The number of rotatable bonds is 4. The molecule has 5 nitrogen and oxygen atoms in total. The second kappa shape index (κ2) is 6.88. The number of sulfonamides is 1. The molecule has 2 aromatic carbocycles. The molecule has 122 valence electrons. The number of anilines is 1. The van der Waals surface area contributed by atoms with Crippen molar-refractivity contribution in [3.63, 3.8) is 0 Å². The minimum atomic E-state index is -3.57. The van der Waals surface area contributed by atoms with Gasteiger partial charge in [-0.3, -0.25) is 4.79 Å². The summed E-state index contributed by atoms with van der Waals surface area (Å²) in [6.45, 7) is 0.